The Morgan fingerprint density at radius 1 is 1.05 bits per heavy atom. The first-order chi connectivity index (χ1) is 9.43. The fourth-order valence-corrected chi connectivity index (χ4v) is 5.29. The van der Waals surface area contributed by atoms with Gasteiger partial charge in [-0.25, -0.2) is 0 Å². The molecule has 0 amide bonds. The topological polar surface area (TPSA) is 0 Å². The van der Waals surface area contributed by atoms with Gasteiger partial charge in [-0.1, -0.05) is 72.6 Å². The first kappa shape index (κ1) is 16.4. The van der Waals surface area contributed by atoms with Crippen molar-refractivity contribution in [2.24, 2.45) is 28.6 Å². The summed E-state index contributed by atoms with van der Waals surface area (Å²) in [4.78, 5) is 0. The normalized spacial score (nSPS) is 36.5. The lowest BCUT2D eigenvalue weighted by molar-refractivity contribution is 0.0754. The van der Waals surface area contributed by atoms with Crippen LogP contribution in [0.3, 0.4) is 0 Å². The van der Waals surface area contributed by atoms with E-state index in [9.17, 15) is 0 Å². The van der Waals surface area contributed by atoms with E-state index in [1.807, 2.05) is 0 Å². The average molecular weight is 277 g/mol. The highest BCUT2D eigenvalue weighted by Gasteiger charge is 2.61. The maximum atomic E-state index is 4.57. The van der Waals surface area contributed by atoms with Crippen LogP contribution in [0.15, 0.2) is 0 Å². The highest BCUT2D eigenvalue weighted by atomic mass is 14.7. The standard InChI is InChI=1S/C20H36/c1-6-7-8-9-10-11-12-16(2)18-15-17-13-14-20(18,5)19(17,3)4/h16-18H,1-2,6-15H2,3-5H3. The SMILES string of the molecule is [CH2]CCCCCCCC([CH2])C1CC2CCC1(C)C2(C)C. The molecule has 20 heavy (non-hydrogen) atoms. The molecule has 2 rings (SSSR count). The summed E-state index contributed by atoms with van der Waals surface area (Å²) in [5.74, 6) is 2.55. The molecule has 0 spiro atoms. The fraction of sp³-hybridized carbons (Fsp3) is 0.900. The summed E-state index contributed by atoms with van der Waals surface area (Å²) in [6, 6.07) is 0. The van der Waals surface area contributed by atoms with Crippen molar-refractivity contribution in [3.05, 3.63) is 13.8 Å². The monoisotopic (exact) mass is 276 g/mol. The summed E-state index contributed by atoms with van der Waals surface area (Å²) in [7, 11) is 0. The minimum Gasteiger partial charge on any atom is -0.0591 e. The van der Waals surface area contributed by atoms with Crippen LogP contribution in [-0.2, 0) is 0 Å². The van der Waals surface area contributed by atoms with Crippen molar-refractivity contribution in [1.29, 1.82) is 0 Å². The Bertz CT molecular complexity index is 303. The third-order valence-electron chi connectivity index (χ3n) is 7.26. The van der Waals surface area contributed by atoms with Crippen LogP contribution in [0.1, 0.15) is 85.0 Å². The molecule has 0 N–H and O–H groups in total. The van der Waals surface area contributed by atoms with Crippen molar-refractivity contribution in [2.45, 2.75) is 85.0 Å². The van der Waals surface area contributed by atoms with Gasteiger partial charge in [0.2, 0.25) is 0 Å². The Morgan fingerprint density at radius 3 is 2.25 bits per heavy atom. The molecule has 0 heteroatoms. The molecule has 2 saturated carbocycles. The Labute approximate surface area is 128 Å². The second kappa shape index (κ2) is 6.41. The van der Waals surface area contributed by atoms with Gasteiger partial charge in [0.1, 0.15) is 0 Å². The lowest BCUT2D eigenvalue weighted by Crippen LogP contribution is -2.35. The molecule has 2 radical (unpaired) electrons. The van der Waals surface area contributed by atoms with Gasteiger partial charge in [-0.15, -0.1) is 0 Å². The quantitative estimate of drug-likeness (QED) is 0.446. The Balaban J connectivity index is 1.76. The zero-order valence-corrected chi connectivity index (χ0v) is 14.2. The summed E-state index contributed by atoms with van der Waals surface area (Å²) < 4.78 is 0. The molecule has 2 fully saturated rings. The molecule has 4 unspecified atom stereocenters. The zero-order valence-electron chi connectivity index (χ0n) is 14.2. The molecular weight excluding hydrogens is 240 g/mol. The minimum atomic E-state index is 0.557. The van der Waals surface area contributed by atoms with Gasteiger partial charge in [-0.3, -0.25) is 0 Å². The van der Waals surface area contributed by atoms with Gasteiger partial charge < -0.3 is 0 Å². The van der Waals surface area contributed by atoms with Crippen molar-refractivity contribution in [3.8, 4) is 0 Å². The molecule has 116 valence electrons. The summed E-state index contributed by atoms with van der Waals surface area (Å²) in [5.41, 5.74) is 1.12. The van der Waals surface area contributed by atoms with Crippen LogP contribution in [0.5, 0.6) is 0 Å². The van der Waals surface area contributed by atoms with Gasteiger partial charge in [-0.05, 0) is 54.8 Å². The van der Waals surface area contributed by atoms with Gasteiger partial charge in [0.15, 0.2) is 0 Å². The fourth-order valence-electron chi connectivity index (χ4n) is 5.29. The molecule has 0 nitrogen and oxygen atoms in total. The molecule has 0 aromatic carbocycles. The summed E-state index contributed by atoms with van der Waals surface area (Å²) >= 11 is 0. The van der Waals surface area contributed by atoms with Crippen molar-refractivity contribution < 1.29 is 0 Å². The molecule has 0 aromatic rings. The number of hydrogen-bond donors (Lipinski definition) is 0. The van der Waals surface area contributed by atoms with Gasteiger partial charge in [0.25, 0.3) is 0 Å². The predicted molar refractivity (Wildman–Crippen MR) is 89.2 cm³/mol. The van der Waals surface area contributed by atoms with Crippen molar-refractivity contribution >= 4 is 0 Å². The van der Waals surface area contributed by atoms with Gasteiger partial charge in [0.05, 0.1) is 0 Å². The van der Waals surface area contributed by atoms with Gasteiger partial charge >= 0.3 is 0 Å². The van der Waals surface area contributed by atoms with E-state index in [0.717, 1.165) is 18.3 Å². The lowest BCUT2D eigenvalue weighted by Gasteiger charge is -2.42. The van der Waals surface area contributed by atoms with Crippen molar-refractivity contribution in [2.75, 3.05) is 0 Å². The largest absolute Gasteiger partial charge is 0.0591 e. The maximum absolute atomic E-state index is 4.57. The summed E-state index contributed by atoms with van der Waals surface area (Å²) in [5, 5.41) is 0. The van der Waals surface area contributed by atoms with Crippen LogP contribution in [0, 0.1) is 42.4 Å². The van der Waals surface area contributed by atoms with E-state index in [2.05, 4.69) is 34.6 Å². The van der Waals surface area contributed by atoms with E-state index in [-0.39, 0.29) is 0 Å². The summed E-state index contributed by atoms with van der Waals surface area (Å²) in [6.07, 6.45) is 13.7. The zero-order chi connectivity index (χ0) is 14.8. The molecule has 2 aliphatic carbocycles. The van der Waals surface area contributed by atoms with E-state index >= 15 is 0 Å². The highest BCUT2D eigenvalue weighted by Crippen LogP contribution is 2.69. The number of fused-ring (bicyclic) bond motifs is 2. The van der Waals surface area contributed by atoms with E-state index in [0.29, 0.717) is 16.7 Å². The van der Waals surface area contributed by atoms with Crippen LogP contribution in [-0.4, -0.2) is 0 Å². The number of unbranched alkanes of at least 4 members (excludes halogenated alkanes) is 5. The molecular formula is C20H36. The van der Waals surface area contributed by atoms with E-state index in [1.165, 1.54) is 57.8 Å². The third-order valence-corrected chi connectivity index (χ3v) is 7.26. The molecule has 0 heterocycles. The average Bonchev–Trinajstić information content (AvgIpc) is 2.75. The number of hydrogen-bond acceptors (Lipinski definition) is 0. The van der Waals surface area contributed by atoms with Crippen molar-refractivity contribution in [3.63, 3.8) is 0 Å². The first-order valence-corrected chi connectivity index (χ1v) is 9.06. The van der Waals surface area contributed by atoms with Crippen LogP contribution >= 0.6 is 0 Å². The molecule has 0 aromatic heterocycles. The maximum Gasteiger partial charge on any atom is -0.0241 e. The van der Waals surface area contributed by atoms with E-state index in [1.54, 1.807) is 0 Å². The Kier molecular flexibility index (Phi) is 5.24. The van der Waals surface area contributed by atoms with E-state index in [4.69, 9.17) is 0 Å². The lowest BCUT2D eigenvalue weighted by atomic mass is 9.63. The molecule has 0 aliphatic heterocycles. The van der Waals surface area contributed by atoms with Crippen LogP contribution in [0.25, 0.3) is 0 Å². The van der Waals surface area contributed by atoms with E-state index < -0.39 is 0 Å². The predicted octanol–water partition coefficient (Wildman–Crippen LogP) is 6.46. The highest BCUT2D eigenvalue weighted by molar-refractivity contribution is 5.11. The van der Waals surface area contributed by atoms with Gasteiger partial charge in [0, 0.05) is 0 Å². The van der Waals surface area contributed by atoms with Crippen LogP contribution < -0.4 is 0 Å². The minimum absolute atomic E-state index is 0.557. The van der Waals surface area contributed by atoms with Gasteiger partial charge in [-0.2, -0.15) is 0 Å². The molecule has 4 atom stereocenters. The van der Waals surface area contributed by atoms with Crippen LogP contribution in [0.4, 0.5) is 0 Å². The first-order valence-electron chi connectivity index (χ1n) is 9.06. The summed E-state index contributed by atoms with van der Waals surface area (Å²) in [6.45, 7) is 16.1. The molecule has 2 aliphatic rings. The van der Waals surface area contributed by atoms with Crippen LogP contribution in [0.2, 0.25) is 0 Å². The third kappa shape index (κ3) is 2.81. The second-order valence-corrected chi connectivity index (χ2v) is 8.39. The Morgan fingerprint density at radius 2 is 1.70 bits per heavy atom. The number of rotatable bonds is 8. The Hall–Kier alpha value is 0. The van der Waals surface area contributed by atoms with Crippen molar-refractivity contribution in [1.82, 2.24) is 0 Å². The second-order valence-electron chi connectivity index (χ2n) is 8.39. The molecule has 0 saturated heterocycles. The molecule has 2 bridgehead atoms. The smallest absolute Gasteiger partial charge is 0.0241 e.